The van der Waals surface area contributed by atoms with E-state index < -0.39 is 0 Å². The van der Waals surface area contributed by atoms with Crippen LogP contribution in [0.1, 0.15) is 19.8 Å². The highest BCUT2D eigenvalue weighted by Crippen LogP contribution is 2.23. The third kappa shape index (κ3) is 2.96. The molecule has 4 heteroatoms. The van der Waals surface area contributed by atoms with E-state index in [4.69, 9.17) is 4.74 Å². The summed E-state index contributed by atoms with van der Waals surface area (Å²) in [5.41, 5.74) is 1.08. The van der Waals surface area contributed by atoms with E-state index in [1.54, 1.807) is 6.20 Å². The Labute approximate surface area is 102 Å². The van der Waals surface area contributed by atoms with Crippen molar-refractivity contribution in [3.8, 4) is 0 Å². The molecule has 1 aliphatic heterocycles. The highest BCUT2D eigenvalue weighted by molar-refractivity contribution is 5.73. The van der Waals surface area contributed by atoms with Gasteiger partial charge in [0.15, 0.2) is 0 Å². The van der Waals surface area contributed by atoms with E-state index in [2.05, 4.69) is 9.88 Å². The molecule has 2 rings (SSSR count). The Bertz CT molecular complexity index is 367. The van der Waals surface area contributed by atoms with E-state index in [9.17, 15) is 4.79 Å². The van der Waals surface area contributed by atoms with E-state index in [1.807, 2.05) is 25.3 Å². The topological polar surface area (TPSA) is 42.4 Å². The Balaban J connectivity index is 2.00. The first-order chi connectivity index (χ1) is 8.31. The third-order valence-electron chi connectivity index (χ3n) is 3.05. The van der Waals surface area contributed by atoms with Crippen molar-refractivity contribution in [1.29, 1.82) is 0 Å². The standard InChI is InChI=1S/C13H18N2O2/c1-2-17-13(16)11-5-4-8-15(10-11)12-6-3-7-14-9-12/h3,6-7,9,11H,2,4-5,8,10H2,1H3/t11-/m1/s1. The third-order valence-corrected chi connectivity index (χ3v) is 3.05. The maximum Gasteiger partial charge on any atom is 0.310 e. The zero-order valence-corrected chi connectivity index (χ0v) is 10.1. The number of aromatic nitrogens is 1. The molecule has 0 unspecified atom stereocenters. The van der Waals surface area contributed by atoms with Gasteiger partial charge in [-0.3, -0.25) is 9.78 Å². The highest BCUT2D eigenvalue weighted by atomic mass is 16.5. The summed E-state index contributed by atoms with van der Waals surface area (Å²) in [5.74, 6) is -0.0648. The predicted molar refractivity (Wildman–Crippen MR) is 65.8 cm³/mol. The van der Waals surface area contributed by atoms with Crippen LogP contribution in [-0.2, 0) is 9.53 Å². The smallest absolute Gasteiger partial charge is 0.310 e. The average Bonchev–Trinajstić information content (AvgIpc) is 2.40. The van der Waals surface area contributed by atoms with Gasteiger partial charge in [0, 0.05) is 19.3 Å². The summed E-state index contributed by atoms with van der Waals surface area (Å²) in [4.78, 5) is 18.0. The summed E-state index contributed by atoms with van der Waals surface area (Å²) < 4.78 is 5.08. The summed E-state index contributed by atoms with van der Waals surface area (Å²) in [5, 5.41) is 0. The van der Waals surface area contributed by atoms with E-state index >= 15 is 0 Å². The molecule has 1 aromatic rings. The molecule has 0 N–H and O–H groups in total. The number of nitrogens with zero attached hydrogens (tertiary/aromatic N) is 2. The number of anilines is 1. The number of hydrogen-bond acceptors (Lipinski definition) is 4. The monoisotopic (exact) mass is 234 g/mol. The number of esters is 1. The maximum atomic E-state index is 11.7. The summed E-state index contributed by atoms with van der Waals surface area (Å²) in [6, 6.07) is 3.95. The number of hydrogen-bond donors (Lipinski definition) is 0. The van der Waals surface area contributed by atoms with Crippen molar-refractivity contribution in [2.24, 2.45) is 5.92 Å². The van der Waals surface area contributed by atoms with Crippen molar-refractivity contribution in [2.75, 3.05) is 24.6 Å². The van der Waals surface area contributed by atoms with Gasteiger partial charge in [-0.1, -0.05) is 0 Å². The Kier molecular flexibility index (Phi) is 3.96. The van der Waals surface area contributed by atoms with Crippen LogP contribution in [0.5, 0.6) is 0 Å². The molecule has 0 radical (unpaired) electrons. The molecule has 1 saturated heterocycles. The van der Waals surface area contributed by atoms with Crippen LogP contribution in [0.2, 0.25) is 0 Å². The lowest BCUT2D eigenvalue weighted by molar-refractivity contribution is -0.148. The minimum Gasteiger partial charge on any atom is -0.466 e. The molecule has 0 saturated carbocycles. The van der Waals surface area contributed by atoms with Crippen molar-refractivity contribution in [3.05, 3.63) is 24.5 Å². The summed E-state index contributed by atoms with van der Waals surface area (Å²) in [6.45, 7) is 4.04. The molecular weight excluding hydrogens is 216 g/mol. The summed E-state index contributed by atoms with van der Waals surface area (Å²) in [6.07, 6.45) is 5.55. The van der Waals surface area contributed by atoms with E-state index in [-0.39, 0.29) is 11.9 Å². The van der Waals surface area contributed by atoms with Crippen LogP contribution < -0.4 is 4.90 Å². The van der Waals surface area contributed by atoms with Gasteiger partial charge in [0.1, 0.15) is 0 Å². The van der Waals surface area contributed by atoms with Gasteiger partial charge < -0.3 is 9.64 Å². The van der Waals surface area contributed by atoms with Crippen LogP contribution in [-0.4, -0.2) is 30.6 Å². The van der Waals surface area contributed by atoms with Crippen LogP contribution in [0.15, 0.2) is 24.5 Å². The van der Waals surface area contributed by atoms with Crippen LogP contribution >= 0.6 is 0 Å². The first kappa shape index (κ1) is 11.9. The Hall–Kier alpha value is -1.58. The number of piperidine rings is 1. The highest BCUT2D eigenvalue weighted by Gasteiger charge is 2.26. The minimum atomic E-state index is -0.0684. The SMILES string of the molecule is CCOC(=O)[C@@H]1CCCN(c2cccnc2)C1. The number of pyridine rings is 1. The van der Waals surface area contributed by atoms with Crippen molar-refractivity contribution < 1.29 is 9.53 Å². The molecule has 0 aromatic carbocycles. The van der Waals surface area contributed by atoms with Gasteiger partial charge in [0.05, 0.1) is 24.4 Å². The largest absolute Gasteiger partial charge is 0.466 e. The van der Waals surface area contributed by atoms with Crippen LogP contribution in [0.25, 0.3) is 0 Å². The lowest BCUT2D eigenvalue weighted by Crippen LogP contribution is -2.39. The number of carbonyl (C=O) groups is 1. The molecule has 4 nitrogen and oxygen atoms in total. The van der Waals surface area contributed by atoms with Crippen molar-refractivity contribution in [1.82, 2.24) is 4.98 Å². The zero-order chi connectivity index (χ0) is 12.1. The van der Waals surface area contributed by atoms with Gasteiger partial charge in [0.25, 0.3) is 0 Å². The predicted octanol–water partition coefficient (Wildman–Crippen LogP) is 1.86. The second kappa shape index (κ2) is 5.66. The van der Waals surface area contributed by atoms with Gasteiger partial charge >= 0.3 is 5.97 Å². The molecule has 2 heterocycles. The van der Waals surface area contributed by atoms with Crippen molar-refractivity contribution in [2.45, 2.75) is 19.8 Å². The van der Waals surface area contributed by atoms with Gasteiger partial charge in [0.2, 0.25) is 0 Å². The molecule has 1 fully saturated rings. The summed E-state index contributed by atoms with van der Waals surface area (Å²) >= 11 is 0. The lowest BCUT2D eigenvalue weighted by Gasteiger charge is -2.32. The fraction of sp³-hybridized carbons (Fsp3) is 0.538. The summed E-state index contributed by atoms with van der Waals surface area (Å²) in [7, 11) is 0. The molecule has 0 spiro atoms. The van der Waals surface area contributed by atoms with E-state index in [0.29, 0.717) is 6.61 Å². The minimum absolute atomic E-state index is 0.00362. The second-order valence-electron chi connectivity index (χ2n) is 4.25. The molecular formula is C13H18N2O2. The fourth-order valence-electron chi connectivity index (χ4n) is 2.20. The molecule has 0 amide bonds. The molecule has 0 bridgehead atoms. The molecule has 1 aliphatic rings. The van der Waals surface area contributed by atoms with Gasteiger partial charge in [-0.25, -0.2) is 0 Å². The number of rotatable bonds is 3. The Morgan fingerprint density at radius 3 is 3.24 bits per heavy atom. The van der Waals surface area contributed by atoms with Crippen LogP contribution in [0.4, 0.5) is 5.69 Å². The van der Waals surface area contributed by atoms with Gasteiger partial charge in [-0.05, 0) is 31.9 Å². The molecule has 17 heavy (non-hydrogen) atoms. The van der Waals surface area contributed by atoms with Crippen LogP contribution in [0.3, 0.4) is 0 Å². The van der Waals surface area contributed by atoms with Gasteiger partial charge in [-0.2, -0.15) is 0 Å². The molecule has 1 atom stereocenters. The average molecular weight is 234 g/mol. The molecule has 1 aromatic heterocycles. The van der Waals surface area contributed by atoms with E-state index in [0.717, 1.165) is 31.6 Å². The first-order valence-electron chi connectivity index (χ1n) is 6.13. The molecule has 92 valence electrons. The maximum absolute atomic E-state index is 11.7. The van der Waals surface area contributed by atoms with E-state index in [1.165, 1.54) is 0 Å². The normalized spacial score (nSPS) is 20.1. The fourth-order valence-corrected chi connectivity index (χ4v) is 2.20. The van der Waals surface area contributed by atoms with Crippen molar-refractivity contribution in [3.63, 3.8) is 0 Å². The van der Waals surface area contributed by atoms with Gasteiger partial charge in [-0.15, -0.1) is 0 Å². The van der Waals surface area contributed by atoms with Crippen molar-refractivity contribution >= 4 is 11.7 Å². The zero-order valence-electron chi connectivity index (χ0n) is 10.1. The second-order valence-corrected chi connectivity index (χ2v) is 4.25. The molecule has 0 aliphatic carbocycles. The Morgan fingerprint density at radius 2 is 2.53 bits per heavy atom. The number of carbonyl (C=O) groups excluding carboxylic acids is 1. The van der Waals surface area contributed by atoms with Crippen LogP contribution in [0, 0.1) is 5.92 Å². The lowest BCUT2D eigenvalue weighted by atomic mass is 9.98. The Morgan fingerprint density at radius 1 is 1.65 bits per heavy atom. The number of ether oxygens (including phenoxy) is 1. The quantitative estimate of drug-likeness (QED) is 0.749. The first-order valence-corrected chi connectivity index (χ1v) is 6.13.